The van der Waals surface area contributed by atoms with Gasteiger partial charge < -0.3 is 10.2 Å². The van der Waals surface area contributed by atoms with Crippen molar-refractivity contribution in [1.82, 2.24) is 15.1 Å². The molecule has 134 valence electrons. The number of benzene rings is 1. The van der Waals surface area contributed by atoms with Crippen LogP contribution in [0.1, 0.15) is 57.1 Å². The van der Waals surface area contributed by atoms with Crippen LogP contribution in [-0.2, 0) is 13.1 Å². The van der Waals surface area contributed by atoms with Gasteiger partial charge in [-0.1, -0.05) is 57.4 Å². The van der Waals surface area contributed by atoms with Gasteiger partial charge in [0.25, 0.3) is 0 Å². The maximum atomic E-state index is 12.5. The highest BCUT2D eigenvalue weighted by Crippen LogP contribution is 2.21. The lowest BCUT2D eigenvalue weighted by atomic mass is 9.95. The lowest BCUT2D eigenvalue weighted by Crippen LogP contribution is -2.44. The Labute approximate surface area is 147 Å². The summed E-state index contributed by atoms with van der Waals surface area (Å²) < 4.78 is 0. The van der Waals surface area contributed by atoms with E-state index in [9.17, 15) is 4.79 Å². The summed E-state index contributed by atoms with van der Waals surface area (Å²) in [5.41, 5.74) is 2.52. The van der Waals surface area contributed by atoms with Crippen molar-refractivity contribution in [1.29, 1.82) is 0 Å². The fourth-order valence-electron chi connectivity index (χ4n) is 3.50. The van der Waals surface area contributed by atoms with Crippen LogP contribution in [0.3, 0.4) is 0 Å². The summed E-state index contributed by atoms with van der Waals surface area (Å²) in [6.07, 6.45) is 6.08. The molecule has 1 aliphatic carbocycles. The Kier molecular flexibility index (Phi) is 7.57. The summed E-state index contributed by atoms with van der Waals surface area (Å²) in [5, 5.41) is 3.11. The van der Waals surface area contributed by atoms with Crippen LogP contribution in [0, 0.1) is 0 Å². The predicted octanol–water partition coefficient (Wildman–Crippen LogP) is 4.00. The third-order valence-electron chi connectivity index (χ3n) is 5.28. The largest absolute Gasteiger partial charge is 0.334 e. The van der Waals surface area contributed by atoms with Crippen molar-refractivity contribution in [3.05, 3.63) is 35.4 Å². The number of urea groups is 1. The second kappa shape index (κ2) is 9.67. The van der Waals surface area contributed by atoms with Gasteiger partial charge in [0, 0.05) is 26.2 Å². The van der Waals surface area contributed by atoms with Gasteiger partial charge in [-0.25, -0.2) is 4.79 Å². The topological polar surface area (TPSA) is 35.6 Å². The van der Waals surface area contributed by atoms with Crippen LogP contribution in [0.4, 0.5) is 4.79 Å². The Bertz CT molecular complexity index is 507. The zero-order valence-electron chi connectivity index (χ0n) is 15.6. The van der Waals surface area contributed by atoms with Crippen molar-refractivity contribution >= 4 is 6.03 Å². The third-order valence-corrected chi connectivity index (χ3v) is 5.28. The van der Waals surface area contributed by atoms with Gasteiger partial charge in [-0.05, 0) is 37.1 Å². The number of hydrogen-bond donors (Lipinski definition) is 1. The molecule has 1 N–H and O–H groups in total. The summed E-state index contributed by atoms with van der Waals surface area (Å²) in [7, 11) is 1.94. The maximum absolute atomic E-state index is 12.5. The van der Waals surface area contributed by atoms with Crippen LogP contribution in [-0.4, -0.2) is 42.0 Å². The molecule has 2 rings (SSSR count). The molecule has 0 heterocycles. The standard InChI is InChI=1S/C20H33N3O/c1-4-23(5-2)16-18-12-10-9-11-17(18)15-21-20(24)22(3)19-13-7-6-8-14-19/h9-12,19H,4-8,13-16H2,1-3H3,(H,21,24). The van der Waals surface area contributed by atoms with Crippen LogP contribution >= 0.6 is 0 Å². The van der Waals surface area contributed by atoms with E-state index in [2.05, 4.69) is 48.3 Å². The molecule has 0 saturated heterocycles. The fourth-order valence-corrected chi connectivity index (χ4v) is 3.50. The average Bonchev–Trinajstić information content (AvgIpc) is 2.65. The van der Waals surface area contributed by atoms with E-state index in [0.717, 1.165) is 32.5 Å². The van der Waals surface area contributed by atoms with Crippen LogP contribution < -0.4 is 5.32 Å². The Balaban J connectivity index is 1.92. The van der Waals surface area contributed by atoms with Crippen LogP contribution in [0.15, 0.2) is 24.3 Å². The van der Waals surface area contributed by atoms with E-state index in [1.807, 2.05) is 11.9 Å². The number of nitrogens with one attached hydrogen (secondary N) is 1. The van der Waals surface area contributed by atoms with E-state index in [1.165, 1.54) is 30.4 Å². The molecule has 4 nitrogen and oxygen atoms in total. The van der Waals surface area contributed by atoms with E-state index in [0.29, 0.717) is 12.6 Å². The molecule has 1 saturated carbocycles. The molecule has 0 atom stereocenters. The van der Waals surface area contributed by atoms with E-state index in [4.69, 9.17) is 0 Å². The summed E-state index contributed by atoms with van der Waals surface area (Å²) in [4.78, 5) is 16.8. The molecular weight excluding hydrogens is 298 g/mol. The fraction of sp³-hybridized carbons (Fsp3) is 0.650. The molecule has 1 aromatic rings. The zero-order chi connectivity index (χ0) is 17.4. The molecule has 4 heteroatoms. The van der Waals surface area contributed by atoms with Crippen LogP contribution in [0.2, 0.25) is 0 Å². The molecule has 24 heavy (non-hydrogen) atoms. The van der Waals surface area contributed by atoms with Gasteiger partial charge in [0.1, 0.15) is 0 Å². The van der Waals surface area contributed by atoms with E-state index < -0.39 is 0 Å². The van der Waals surface area contributed by atoms with Crippen molar-refractivity contribution in [2.75, 3.05) is 20.1 Å². The summed E-state index contributed by atoms with van der Waals surface area (Å²) in [5.74, 6) is 0. The quantitative estimate of drug-likeness (QED) is 0.819. The Hall–Kier alpha value is -1.55. The first kappa shape index (κ1) is 18.8. The molecule has 1 aromatic carbocycles. The van der Waals surface area contributed by atoms with E-state index in [-0.39, 0.29) is 6.03 Å². The molecule has 1 aliphatic rings. The maximum Gasteiger partial charge on any atom is 0.317 e. The van der Waals surface area contributed by atoms with Crippen molar-refractivity contribution in [3.63, 3.8) is 0 Å². The van der Waals surface area contributed by atoms with Gasteiger partial charge in [0.05, 0.1) is 0 Å². The third kappa shape index (κ3) is 5.23. The second-order valence-corrected chi connectivity index (χ2v) is 6.79. The first-order chi connectivity index (χ1) is 11.7. The van der Waals surface area contributed by atoms with Crippen LogP contribution in [0.5, 0.6) is 0 Å². The highest BCUT2D eigenvalue weighted by atomic mass is 16.2. The average molecular weight is 332 g/mol. The minimum Gasteiger partial charge on any atom is -0.334 e. The summed E-state index contributed by atoms with van der Waals surface area (Å²) in [6, 6.07) is 8.89. The van der Waals surface area contributed by atoms with Gasteiger partial charge in [0.2, 0.25) is 0 Å². The lowest BCUT2D eigenvalue weighted by molar-refractivity contribution is 0.173. The number of hydrogen-bond acceptors (Lipinski definition) is 2. The zero-order valence-corrected chi connectivity index (χ0v) is 15.6. The minimum atomic E-state index is 0.0551. The number of amides is 2. The molecule has 2 amide bonds. The van der Waals surface area contributed by atoms with E-state index in [1.54, 1.807) is 0 Å². The molecular formula is C20H33N3O. The highest BCUT2D eigenvalue weighted by molar-refractivity contribution is 5.74. The number of nitrogens with zero attached hydrogens (tertiary/aromatic N) is 2. The van der Waals surface area contributed by atoms with Crippen molar-refractivity contribution in [3.8, 4) is 0 Å². The number of rotatable bonds is 7. The minimum absolute atomic E-state index is 0.0551. The first-order valence-electron chi connectivity index (χ1n) is 9.45. The Morgan fingerprint density at radius 2 is 1.71 bits per heavy atom. The first-order valence-corrected chi connectivity index (χ1v) is 9.45. The van der Waals surface area contributed by atoms with Gasteiger partial charge in [-0.3, -0.25) is 4.90 Å². The van der Waals surface area contributed by atoms with Gasteiger partial charge in [-0.2, -0.15) is 0 Å². The highest BCUT2D eigenvalue weighted by Gasteiger charge is 2.21. The molecule has 0 radical (unpaired) electrons. The summed E-state index contributed by atoms with van der Waals surface area (Å²) in [6.45, 7) is 8.01. The smallest absolute Gasteiger partial charge is 0.317 e. The van der Waals surface area contributed by atoms with Crippen molar-refractivity contribution in [2.45, 2.75) is 65.1 Å². The molecule has 0 aromatic heterocycles. The second-order valence-electron chi connectivity index (χ2n) is 6.79. The van der Waals surface area contributed by atoms with Gasteiger partial charge in [-0.15, -0.1) is 0 Å². The predicted molar refractivity (Wildman–Crippen MR) is 99.9 cm³/mol. The van der Waals surface area contributed by atoms with Gasteiger partial charge in [0.15, 0.2) is 0 Å². The van der Waals surface area contributed by atoms with Crippen LogP contribution in [0.25, 0.3) is 0 Å². The Morgan fingerprint density at radius 1 is 1.08 bits per heavy atom. The molecule has 0 unspecified atom stereocenters. The molecule has 0 bridgehead atoms. The normalized spacial score (nSPS) is 15.5. The van der Waals surface area contributed by atoms with Gasteiger partial charge >= 0.3 is 6.03 Å². The molecule has 1 fully saturated rings. The van der Waals surface area contributed by atoms with Crippen molar-refractivity contribution < 1.29 is 4.79 Å². The number of carbonyl (C=O) groups is 1. The monoisotopic (exact) mass is 331 g/mol. The lowest BCUT2D eigenvalue weighted by Gasteiger charge is -2.31. The molecule has 0 spiro atoms. The van der Waals surface area contributed by atoms with Crippen molar-refractivity contribution in [2.24, 2.45) is 0 Å². The SMILES string of the molecule is CCN(CC)Cc1ccccc1CNC(=O)N(C)C1CCCCC1. The Morgan fingerprint density at radius 3 is 2.33 bits per heavy atom. The van der Waals surface area contributed by atoms with E-state index >= 15 is 0 Å². The summed E-state index contributed by atoms with van der Waals surface area (Å²) >= 11 is 0. The molecule has 0 aliphatic heterocycles. The number of carbonyl (C=O) groups excluding carboxylic acids is 1.